The second-order valence-corrected chi connectivity index (χ2v) is 5.80. The monoisotopic (exact) mass is 325 g/mol. The number of H-pyrrole nitrogens is 1. The number of aromatic amines is 1. The molecular weight excluding hydrogens is 306 g/mol. The van der Waals surface area contributed by atoms with E-state index in [0.29, 0.717) is 11.4 Å². The minimum Gasteiger partial charge on any atom is -0.486 e. The highest BCUT2D eigenvalue weighted by atomic mass is 32.1. The first kappa shape index (κ1) is 15.5. The Morgan fingerprint density at radius 1 is 1.17 bits per heavy atom. The molecule has 0 fully saturated rings. The van der Waals surface area contributed by atoms with E-state index in [4.69, 9.17) is 17.0 Å². The maximum atomic E-state index is 5.94. The molecule has 1 heterocycles. The fourth-order valence-electron chi connectivity index (χ4n) is 2.53. The average Bonchev–Trinajstić information content (AvgIpc) is 2.94. The molecule has 118 valence electrons. The molecular formula is C18H19N3OS. The van der Waals surface area contributed by atoms with Crippen molar-refractivity contribution in [3.8, 4) is 11.4 Å². The molecule has 3 rings (SSSR count). The molecule has 0 radical (unpaired) electrons. The molecule has 0 aliphatic carbocycles. The van der Waals surface area contributed by atoms with E-state index >= 15 is 0 Å². The van der Waals surface area contributed by atoms with Crippen LogP contribution in [0.4, 0.5) is 0 Å². The minimum atomic E-state index is 0.356. The molecule has 0 aliphatic heterocycles. The quantitative estimate of drug-likeness (QED) is 0.708. The maximum Gasteiger partial charge on any atom is 0.199 e. The summed E-state index contributed by atoms with van der Waals surface area (Å²) in [6.45, 7) is 4.57. The number of nitrogens with zero attached hydrogens (tertiary/aromatic N) is 2. The summed E-state index contributed by atoms with van der Waals surface area (Å²) in [6.07, 6.45) is 0.987. The van der Waals surface area contributed by atoms with Crippen molar-refractivity contribution in [2.24, 2.45) is 0 Å². The molecule has 0 unspecified atom stereocenters. The lowest BCUT2D eigenvalue weighted by Crippen LogP contribution is -2.06. The maximum absolute atomic E-state index is 5.94. The topological polar surface area (TPSA) is 42.8 Å². The van der Waals surface area contributed by atoms with E-state index in [1.54, 1.807) is 0 Å². The van der Waals surface area contributed by atoms with Crippen molar-refractivity contribution in [2.45, 2.75) is 26.9 Å². The van der Waals surface area contributed by atoms with Crippen LogP contribution in [0.1, 0.15) is 23.9 Å². The second-order valence-electron chi connectivity index (χ2n) is 5.41. The third kappa shape index (κ3) is 3.51. The zero-order valence-corrected chi connectivity index (χ0v) is 14.1. The average molecular weight is 325 g/mol. The molecule has 0 amide bonds. The Labute approximate surface area is 140 Å². The van der Waals surface area contributed by atoms with Crippen LogP contribution in [-0.4, -0.2) is 14.8 Å². The van der Waals surface area contributed by atoms with Crippen molar-refractivity contribution in [1.29, 1.82) is 0 Å². The van der Waals surface area contributed by atoms with Gasteiger partial charge in [-0.3, -0.25) is 9.67 Å². The van der Waals surface area contributed by atoms with Crippen LogP contribution in [0.2, 0.25) is 0 Å². The van der Waals surface area contributed by atoms with Crippen molar-refractivity contribution >= 4 is 12.2 Å². The van der Waals surface area contributed by atoms with Crippen LogP contribution < -0.4 is 4.74 Å². The van der Waals surface area contributed by atoms with Crippen LogP contribution in [-0.2, 0) is 13.0 Å². The number of hydrogen-bond acceptors (Lipinski definition) is 3. The Morgan fingerprint density at radius 2 is 1.96 bits per heavy atom. The number of aromatic nitrogens is 3. The molecule has 0 spiro atoms. The van der Waals surface area contributed by atoms with Crippen molar-refractivity contribution in [3.05, 3.63) is 70.3 Å². The number of hydrogen-bond donors (Lipinski definition) is 1. The van der Waals surface area contributed by atoms with Crippen LogP contribution in [0.5, 0.6) is 5.75 Å². The highest BCUT2D eigenvalue weighted by Crippen LogP contribution is 2.19. The summed E-state index contributed by atoms with van der Waals surface area (Å²) in [6, 6.07) is 16.2. The largest absolute Gasteiger partial charge is 0.486 e. The molecule has 4 nitrogen and oxygen atoms in total. The van der Waals surface area contributed by atoms with Gasteiger partial charge in [-0.05, 0) is 61.0 Å². The lowest BCUT2D eigenvalue weighted by Gasteiger charge is -2.10. The first-order chi connectivity index (χ1) is 11.2. The van der Waals surface area contributed by atoms with Gasteiger partial charge in [-0.1, -0.05) is 31.2 Å². The normalized spacial score (nSPS) is 10.7. The van der Waals surface area contributed by atoms with Gasteiger partial charge >= 0.3 is 0 Å². The van der Waals surface area contributed by atoms with E-state index in [-0.39, 0.29) is 0 Å². The van der Waals surface area contributed by atoms with E-state index in [0.717, 1.165) is 23.7 Å². The number of rotatable bonds is 5. The molecule has 2 aromatic carbocycles. The third-order valence-electron chi connectivity index (χ3n) is 3.64. The van der Waals surface area contributed by atoms with Gasteiger partial charge in [0.25, 0.3) is 0 Å². The van der Waals surface area contributed by atoms with Gasteiger partial charge in [0.2, 0.25) is 0 Å². The zero-order chi connectivity index (χ0) is 16.2. The number of ether oxygens (including phenoxy) is 1. The van der Waals surface area contributed by atoms with E-state index in [1.807, 2.05) is 41.0 Å². The molecule has 0 saturated heterocycles. The summed E-state index contributed by atoms with van der Waals surface area (Å²) in [7, 11) is 0. The van der Waals surface area contributed by atoms with Crippen molar-refractivity contribution in [2.75, 3.05) is 0 Å². The van der Waals surface area contributed by atoms with Crippen LogP contribution in [0.25, 0.3) is 5.69 Å². The van der Waals surface area contributed by atoms with Gasteiger partial charge in [0.15, 0.2) is 10.6 Å². The van der Waals surface area contributed by atoms with Gasteiger partial charge < -0.3 is 4.74 Å². The molecule has 1 aromatic heterocycles. The first-order valence-electron chi connectivity index (χ1n) is 7.62. The summed E-state index contributed by atoms with van der Waals surface area (Å²) in [5, 5.41) is 7.13. The predicted octanol–water partition coefficient (Wildman–Crippen LogP) is 4.38. The molecule has 0 aliphatic rings. The Kier molecular flexibility index (Phi) is 4.57. The van der Waals surface area contributed by atoms with Crippen LogP contribution in [0.3, 0.4) is 0 Å². The summed E-state index contributed by atoms with van der Waals surface area (Å²) < 4.78 is 8.40. The highest BCUT2D eigenvalue weighted by Gasteiger charge is 2.09. The number of benzene rings is 2. The fourth-order valence-corrected chi connectivity index (χ4v) is 2.79. The lowest BCUT2D eigenvalue weighted by atomic mass is 10.1. The fraction of sp³-hybridized carbons (Fsp3) is 0.222. The molecule has 0 bridgehead atoms. The van der Waals surface area contributed by atoms with Crippen LogP contribution >= 0.6 is 12.2 Å². The SMILES string of the molecule is CCc1cc(C)cc(OCc2n[nH]c(=S)n2-c2ccccc2)c1. The molecule has 3 aromatic rings. The molecule has 0 saturated carbocycles. The Hall–Kier alpha value is -2.40. The Balaban J connectivity index is 1.85. The summed E-state index contributed by atoms with van der Waals surface area (Å²) in [4.78, 5) is 0. The van der Waals surface area contributed by atoms with Crippen molar-refractivity contribution < 1.29 is 4.74 Å². The van der Waals surface area contributed by atoms with E-state index in [1.165, 1.54) is 11.1 Å². The third-order valence-corrected chi connectivity index (χ3v) is 3.92. The van der Waals surface area contributed by atoms with Gasteiger partial charge in [0.05, 0.1) is 0 Å². The summed E-state index contributed by atoms with van der Waals surface area (Å²) in [5.74, 6) is 1.61. The Morgan fingerprint density at radius 3 is 2.70 bits per heavy atom. The minimum absolute atomic E-state index is 0.356. The first-order valence-corrected chi connectivity index (χ1v) is 8.03. The van der Waals surface area contributed by atoms with Crippen molar-refractivity contribution in [1.82, 2.24) is 14.8 Å². The second kappa shape index (κ2) is 6.79. The number of para-hydroxylation sites is 1. The lowest BCUT2D eigenvalue weighted by molar-refractivity contribution is 0.293. The van der Waals surface area contributed by atoms with E-state index in [9.17, 15) is 0 Å². The van der Waals surface area contributed by atoms with Crippen LogP contribution in [0.15, 0.2) is 48.5 Å². The van der Waals surface area contributed by atoms with Gasteiger partial charge in [-0.2, -0.15) is 5.10 Å². The Bertz CT molecular complexity index is 852. The predicted molar refractivity (Wildman–Crippen MR) is 93.6 cm³/mol. The van der Waals surface area contributed by atoms with Gasteiger partial charge in [0.1, 0.15) is 12.4 Å². The van der Waals surface area contributed by atoms with Crippen molar-refractivity contribution in [3.63, 3.8) is 0 Å². The van der Waals surface area contributed by atoms with E-state index in [2.05, 4.69) is 36.2 Å². The number of aryl methyl sites for hydroxylation is 2. The van der Waals surface area contributed by atoms with Gasteiger partial charge in [0, 0.05) is 5.69 Å². The molecule has 0 atom stereocenters. The van der Waals surface area contributed by atoms with Crippen LogP contribution in [0, 0.1) is 11.7 Å². The standard InChI is InChI=1S/C18H19N3OS/c1-3-14-9-13(2)10-16(11-14)22-12-17-19-20-18(23)21(17)15-7-5-4-6-8-15/h4-11H,3,12H2,1-2H3,(H,20,23). The highest BCUT2D eigenvalue weighted by molar-refractivity contribution is 7.71. The molecule has 1 N–H and O–H groups in total. The van der Waals surface area contributed by atoms with E-state index < -0.39 is 0 Å². The molecule has 5 heteroatoms. The molecule has 23 heavy (non-hydrogen) atoms. The number of nitrogens with one attached hydrogen (secondary N) is 1. The summed E-state index contributed by atoms with van der Waals surface area (Å²) in [5.41, 5.74) is 3.44. The van der Waals surface area contributed by atoms with Gasteiger partial charge in [-0.25, -0.2) is 0 Å². The zero-order valence-electron chi connectivity index (χ0n) is 13.2. The summed E-state index contributed by atoms with van der Waals surface area (Å²) >= 11 is 5.34. The smallest absolute Gasteiger partial charge is 0.199 e. The van der Waals surface area contributed by atoms with Gasteiger partial charge in [-0.15, -0.1) is 0 Å².